The molecule has 2 amide bonds. The highest BCUT2D eigenvalue weighted by Gasteiger charge is 2.08. The summed E-state index contributed by atoms with van der Waals surface area (Å²) >= 11 is 0. The summed E-state index contributed by atoms with van der Waals surface area (Å²) in [6.45, 7) is 2.77. The van der Waals surface area contributed by atoms with E-state index >= 15 is 0 Å². The minimum atomic E-state index is -0.845. The van der Waals surface area contributed by atoms with E-state index in [4.69, 9.17) is 5.11 Å². The lowest BCUT2D eigenvalue weighted by atomic mass is 10.1. The summed E-state index contributed by atoms with van der Waals surface area (Å²) in [5, 5.41) is 14.0. The lowest BCUT2D eigenvalue weighted by molar-refractivity contribution is -0.137. The van der Waals surface area contributed by atoms with Crippen molar-refractivity contribution in [1.82, 2.24) is 10.6 Å². The standard InChI is InChI=1S/C15H22N2O3/c1-12(10-14(18)19)11-17-15(20)16-9-5-8-13-6-3-2-4-7-13/h2-4,6-7,12H,5,8-11H2,1H3,(H,18,19)(H2,16,17,20). The van der Waals surface area contributed by atoms with Crippen LogP contribution in [0.15, 0.2) is 30.3 Å². The van der Waals surface area contributed by atoms with Gasteiger partial charge < -0.3 is 15.7 Å². The molecular formula is C15H22N2O3. The van der Waals surface area contributed by atoms with Crippen molar-refractivity contribution in [3.8, 4) is 0 Å². The van der Waals surface area contributed by atoms with Gasteiger partial charge in [-0.3, -0.25) is 4.79 Å². The predicted octanol–water partition coefficient (Wildman–Crippen LogP) is 2.03. The molecule has 0 aliphatic heterocycles. The van der Waals surface area contributed by atoms with Gasteiger partial charge >= 0.3 is 12.0 Å². The first-order chi connectivity index (χ1) is 9.58. The third-order valence-electron chi connectivity index (χ3n) is 2.90. The summed E-state index contributed by atoms with van der Waals surface area (Å²) in [6, 6.07) is 9.86. The van der Waals surface area contributed by atoms with E-state index < -0.39 is 5.97 Å². The molecule has 1 aromatic rings. The van der Waals surface area contributed by atoms with Crippen LogP contribution in [0.5, 0.6) is 0 Å². The van der Waals surface area contributed by atoms with Crippen molar-refractivity contribution in [2.24, 2.45) is 5.92 Å². The molecule has 3 N–H and O–H groups in total. The lowest BCUT2D eigenvalue weighted by Crippen LogP contribution is -2.38. The van der Waals surface area contributed by atoms with Crippen molar-refractivity contribution < 1.29 is 14.7 Å². The molecule has 0 aliphatic rings. The Balaban J connectivity index is 2.07. The molecule has 1 atom stereocenters. The maximum atomic E-state index is 11.5. The molecule has 0 spiro atoms. The highest BCUT2D eigenvalue weighted by molar-refractivity contribution is 5.73. The fourth-order valence-corrected chi connectivity index (χ4v) is 1.84. The van der Waals surface area contributed by atoms with Crippen LogP contribution < -0.4 is 10.6 Å². The zero-order valence-electron chi connectivity index (χ0n) is 11.8. The van der Waals surface area contributed by atoms with E-state index in [2.05, 4.69) is 22.8 Å². The smallest absolute Gasteiger partial charge is 0.314 e. The maximum Gasteiger partial charge on any atom is 0.314 e. The van der Waals surface area contributed by atoms with Crippen LogP contribution in [-0.4, -0.2) is 30.2 Å². The number of carboxylic acid groups (broad SMARTS) is 1. The second-order valence-corrected chi connectivity index (χ2v) is 4.93. The van der Waals surface area contributed by atoms with Crippen molar-refractivity contribution in [3.05, 3.63) is 35.9 Å². The number of carboxylic acids is 1. The molecule has 0 bridgehead atoms. The molecule has 0 aliphatic carbocycles. The number of amides is 2. The molecule has 110 valence electrons. The van der Waals surface area contributed by atoms with Gasteiger partial charge in [-0.2, -0.15) is 0 Å². The molecular weight excluding hydrogens is 256 g/mol. The summed E-state index contributed by atoms with van der Waals surface area (Å²) in [4.78, 5) is 21.9. The SMILES string of the molecule is CC(CNC(=O)NCCCc1ccccc1)CC(=O)O. The Morgan fingerprint density at radius 3 is 2.55 bits per heavy atom. The van der Waals surface area contributed by atoms with Gasteiger partial charge in [-0.15, -0.1) is 0 Å². The van der Waals surface area contributed by atoms with Gasteiger partial charge in [0.15, 0.2) is 0 Å². The minimum Gasteiger partial charge on any atom is -0.481 e. The number of benzene rings is 1. The van der Waals surface area contributed by atoms with Crippen molar-refractivity contribution >= 4 is 12.0 Å². The normalized spacial score (nSPS) is 11.7. The van der Waals surface area contributed by atoms with E-state index in [1.54, 1.807) is 6.92 Å². The Morgan fingerprint density at radius 1 is 1.20 bits per heavy atom. The average Bonchev–Trinajstić information content (AvgIpc) is 2.42. The molecule has 0 saturated heterocycles. The summed E-state index contributed by atoms with van der Waals surface area (Å²) in [5.74, 6) is -0.912. The Bertz CT molecular complexity index is 420. The number of urea groups is 1. The zero-order chi connectivity index (χ0) is 14.8. The van der Waals surface area contributed by atoms with E-state index in [0.717, 1.165) is 12.8 Å². The van der Waals surface area contributed by atoms with Gasteiger partial charge in [0.2, 0.25) is 0 Å². The molecule has 1 unspecified atom stereocenters. The number of rotatable bonds is 8. The van der Waals surface area contributed by atoms with Crippen LogP contribution in [0.2, 0.25) is 0 Å². The first kappa shape index (κ1) is 16.0. The molecule has 20 heavy (non-hydrogen) atoms. The number of hydrogen-bond donors (Lipinski definition) is 3. The Hall–Kier alpha value is -2.04. The quantitative estimate of drug-likeness (QED) is 0.637. The van der Waals surface area contributed by atoms with Gasteiger partial charge in [-0.25, -0.2) is 4.79 Å². The van der Waals surface area contributed by atoms with Crippen LogP contribution in [0.4, 0.5) is 4.79 Å². The summed E-state index contributed by atoms with van der Waals surface area (Å²) in [7, 11) is 0. The lowest BCUT2D eigenvalue weighted by Gasteiger charge is -2.11. The third-order valence-corrected chi connectivity index (χ3v) is 2.90. The number of carbonyl (C=O) groups excluding carboxylic acids is 1. The predicted molar refractivity (Wildman–Crippen MR) is 77.6 cm³/mol. The molecule has 0 heterocycles. The van der Waals surface area contributed by atoms with Crippen molar-refractivity contribution in [3.63, 3.8) is 0 Å². The fraction of sp³-hybridized carbons (Fsp3) is 0.467. The van der Waals surface area contributed by atoms with Gasteiger partial charge in [0.25, 0.3) is 0 Å². The maximum absolute atomic E-state index is 11.5. The van der Waals surface area contributed by atoms with Gasteiger partial charge in [0, 0.05) is 19.5 Å². The van der Waals surface area contributed by atoms with Gasteiger partial charge in [0.05, 0.1) is 0 Å². The van der Waals surface area contributed by atoms with Crippen molar-refractivity contribution in [2.45, 2.75) is 26.2 Å². The highest BCUT2D eigenvalue weighted by atomic mass is 16.4. The highest BCUT2D eigenvalue weighted by Crippen LogP contribution is 2.01. The number of nitrogens with one attached hydrogen (secondary N) is 2. The number of aliphatic carboxylic acids is 1. The summed E-state index contributed by atoms with van der Waals surface area (Å²) in [5.41, 5.74) is 1.25. The van der Waals surface area contributed by atoms with Gasteiger partial charge in [-0.05, 0) is 24.3 Å². The Labute approximate surface area is 119 Å². The van der Waals surface area contributed by atoms with E-state index in [0.29, 0.717) is 13.1 Å². The monoisotopic (exact) mass is 278 g/mol. The number of carbonyl (C=O) groups is 2. The van der Waals surface area contributed by atoms with Crippen LogP contribution in [0.1, 0.15) is 25.3 Å². The molecule has 1 aromatic carbocycles. The van der Waals surface area contributed by atoms with Crippen LogP contribution in [0.25, 0.3) is 0 Å². The van der Waals surface area contributed by atoms with E-state index in [-0.39, 0.29) is 18.4 Å². The molecule has 0 fully saturated rings. The topological polar surface area (TPSA) is 78.4 Å². The number of aryl methyl sites for hydroxylation is 1. The molecule has 0 aromatic heterocycles. The number of hydrogen-bond acceptors (Lipinski definition) is 2. The first-order valence-electron chi connectivity index (χ1n) is 6.85. The third kappa shape index (κ3) is 7.41. The van der Waals surface area contributed by atoms with Crippen LogP contribution >= 0.6 is 0 Å². The summed E-state index contributed by atoms with van der Waals surface area (Å²) < 4.78 is 0. The van der Waals surface area contributed by atoms with E-state index in [1.165, 1.54) is 5.56 Å². The molecule has 0 radical (unpaired) electrons. The Morgan fingerprint density at radius 2 is 1.90 bits per heavy atom. The average molecular weight is 278 g/mol. The molecule has 1 rings (SSSR count). The van der Waals surface area contributed by atoms with Crippen LogP contribution in [-0.2, 0) is 11.2 Å². The molecule has 0 saturated carbocycles. The van der Waals surface area contributed by atoms with E-state index in [1.807, 2.05) is 18.2 Å². The minimum absolute atomic E-state index is 0.0638. The fourth-order valence-electron chi connectivity index (χ4n) is 1.84. The van der Waals surface area contributed by atoms with E-state index in [9.17, 15) is 9.59 Å². The first-order valence-corrected chi connectivity index (χ1v) is 6.85. The zero-order valence-corrected chi connectivity index (χ0v) is 11.8. The second-order valence-electron chi connectivity index (χ2n) is 4.93. The second kappa shape index (κ2) is 8.96. The Kier molecular flexibility index (Phi) is 7.17. The van der Waals surface area contributed by atoms with Crippen molar-refractivity contribution in [1.29, 1.82) is 0 Å². The van der Waals surface area contributed by atoms with Gasteiger partial charge in [-0.1, -0.05) is 37.3 Å². The summed E-state index contributed by atoms with van der Waals surface area (Å²) in [6.07, 6.45) is 1.87. The largest absolute Gasteiger partial charge is 0.481 e. The molecule has 5 nitrogen and oxygen atoms in total. The molecule has 5 heteroatoms. The van der Waals surface area contributed by atoms with Crippen LogP contribution in [0.3, 0.4) is 0 Å². The van der Waals surface area contributed by atoms with Crippen molar-refractivity contribution in [2.75, 3.05) is 13.1 Å². The van der Waals surface area contributed by atoms with Crippen LogP contribution in [0, 0.1) is 5.92 Å². The van der Waals surface area contributed by atoms with Gasteiger partial charge in [0.1, 0.15) is 0 Å².